The molecule has 1 aliphatic heterocycles. The number of methoxy groups -OCH3 is 2. The molecule has 0 saturated heterocycles. The van der Waals surface area contributed by atoms with Crippen molar-refractivity contribution in [2.75, 3.05) is 38.7 Å². The summed E-state index contributed by atoms with van der Waals surface area (Å²) in [6.45, 7) is 1.67. The van der Waals surface area contributed by atoms with E-state index in [-0.39, 0.29) is 6.04 Å². The number of hydrogen-bond acceptors (Lipinski definition) is 5. The Morgan fingerprint density at radius 1 is 1.08 bits per heavy atom. The number of nitrogens with one attached hydrogen (secondary N) is 1. The predicted molar refractivity (Wildman–Crippen MR) is 100 cm³/mol. The first-order valence-electron chi connectivity index (χ1n) is 8.16. The van der Waals surface area contributed by atoms with Gasteiger partial charge in [-0.25, -0.2) is 0 Å². The summed E-state index contributed by atoms with van der Waals surface area (Å²) in [7, 11) is 5.57. The largest absolute Gasteiger partial charge is 0.495 e. The van der Waals surface area contributed by atoms with Crippen LogP contribution in [0.15, 0.2) is 47.4 Å². The van der Waals surface area contributed by atoms with Gasteiger partial charge in [0, 0.05) is 31.2 Å². The van der Waals surface area contributed by atoms with Gasteiger partial charge in [0.15, 0.2) is 0 Å². The number of para-hydroxylation sites is 1. The summed E-state index contributed by atoms with van der Waals surface area (Å²) in [6, 6.07) is 15.0. The molecule has 0 amide bonds. The maximum absolute atomic E-state index is 5.63. The van der Waals surface area contributed by atoms with Crippen molar-refractivity contribution in [1.82, 2.24) is 5.32 Å². The lowest BCUT2D eigenvalue weighted by Crippen LogP contribution is -2.25. The van der Waals surface area contributed by atoms with E-state index in [2.05, 4.69) is 53.1 Å². The van der Waals surface area contributed by atoms with Gasteiger partial charge in [-0.2, -0.15) is 0 Å². The SMILES string of the molecule is COCCCNC1c2ccccc2SN(C)c2c(OC)cccc21. The highest BCUT2D eigenvalue weighted by molar-refractivity contribution is 8.00. The zero-order valence-corrected chi connectivity index (χ0v) is 15.2. The Morgan fingerprint density at radius 3 is 2.67 bits per heavy atom. The summed E-state index contributed by atoms with van der Waals surface area (Å²) in [6.07, 6.45) is 0.984. The van der Waals surface area contributed by atoms with Gasteiger partial charge in [0.1, 0.15) is 5.75 Å². The number of rotatable bonds is 6. The molecule has 128 valence electrons. The smallest absolute Gasteiger partial charge is 0.143 e. The third-order valence-electron chi connectivity index (χ3n) is 4.22. The molecule has 0 saturated carbocycles. The fourth-order valence-corrected chi connectivity index (χ4v) is 4.13. The van der Waals surface area contributed by atoms with Crippen molar-refractivity contribution in [3.63, 3.8) is 0 Å². The maximum Gasteiger partial charge on any atom is 0.143 e. The van der Waals surface area contributed by atoms with Crippen molar-refractivity contribution >= 4 is 17.6 Å². The summed E-state index contributed by atoms with van der Waals surface area (Å²) in [4.78, 5) is 1.27. The standard InChI is InChI=1S/C19H24N2O2S/c1-21-19-15(9-6-10-16(19)23-3)18(20-12-7-13-22-2)14-8-4-5-11-17(14)24-21/h4-6,8-11,18,20H,7,12-13H2,1-3H3. The van der Waals surface area contributed by atoms with Gasteiger partial charge >= 0.3 is 0 Å². The molecular formula is C19H24N2O2S. The highest BCUT2D eigenvalue weighted by Gasteiger charge is 2.28. The molecule has 1 atom stereocenters. The van der Waals surface area contributed by atoms with Crippen LogP contribution < -0.4 is 14.4 Å². The van der Waals surface area contributed by atoms with Gasteiger partial charge in [-0.05, 0) is 42.6 Å². The quantitative estimate of drug-likeness (QED) is 0.635. The maximum atomic E-state index is 5.63. The van der Waals surface area contributed by atoms with E-state index in [0.717, 1.165) is 31.0 Å². The fourth-order valence-electron chi connectivity index (χ4n) is 3.12. The lowest BCUT2D eigenvalue weighted by molar-refractivity contribution is 0.193. The summed E-state index contributed by atoms with van der Waals surface area (Å²) < 4.78 is 13.0. The molecule has 0 aliphatic carbocycles. The lowest BCUT2D eigenvalue weighted by Gasteiger charge is -2.24. The lowest BCUT2D eigenvalue weighted by atomic mass is 9.96. The second-order valence-electron chi connectivity index (χ2n) is 5.76. The van der Waals surface area contributed by atoms with E-state index in [1.165, 1.54) is 16.0 Å². The predicted octanol–water partition coefficient (Wildman–Crippen LogP) is 3.87. The molecule has 1 aliphatic rings. The number of nitrogens with zero attached hydrogens (tertiary/aromatic N) is 1. The molecule has 4 nitrogen and oxygen atoms in total. The first-order valence-corrected chi connectivity index (χ1v) is 8.93. The van der Waals surface area contributed by atoms with E-state index in [9.17, 15) is 0 Å². The molecule has 1 N–H and O–H groups in total. The van der Waals surface area contributed by atoms with Crippen LogP contribution in [0.3, 0.4) is 0 Å². The highest BCUT2D eigenvalue weighted by atomic mass is 32.2. The van der Waals surface area contributed by atoms with Gasteiger partial charge in [-0.3, -0.25) is 0 Å². The Bertz CT molecular complexity index is 693. The monoisotopic (exact) mass is 344 g/mol. The Balaban J connectivity index is 2.03. The Labute approximate surface area is 148 Å². The van der Waals surface area contributed by atoms with E-state index >= 15 is 0 Å². The van der Waals surface area contributed by atoms with Crippen molar-refractivity contribution in [2.24, 2.45) is 0 Å². The molecule has 0 spiro atoms. The van der Waals surface area contributed by atoms with Gasteiger partial charge < -0.3 is 19.1 Å². The molecule has 2 aromatic rings. The zero-order valence-electron chi connectivity index (χ0n) is 14.4. The molecule has 3 rings (SSSR count). The van der Waals surface area contributed by atoms with Gasteiger partial charge in [-0.15, -0.1) is 0 Å². The second-order valence-corrected chi connectivity index (χ2v) is 6.93. The molecule has 0 aromatic heterocycles. The van der Waals surface area contributed by atoms with Crippen LogP contribution in [0.1, 0.15) is 23.6 Å². The number of fused-ring (bicyclic) bond motifs is 2. The Kier molecular flexibility index (Phi) is 5.66. The molecule has 0 fully saturated rings. The molecule has 0 radical (unpaired) electrons. The molecular weight excluding hydrogens is 320 g/mol. The van der Waals surface area contributed by atoms with Crippen LogP contribution in [0.5, 0.6) is 5.75 Å². The van der Waals surface area contributed by atoms with Crippen LogP contribution in [0.4, 0.5) is 5.69 Å². The van der Waals surface area contributed by atoms with E-state index in [4.69, 9.17) is 9.47 Å². The van der Waals surface area contributed by atoms with Crippen molar-refractivity contribution in [3.8, 4) is 5.75 Å². The van der Waals surface area contributed by atoms with Crippen LogP contribution in [0.2, 0.25) is 0 Å². The van der Waals surface area contributed by atoms with Crippen LogP contribution in [-0.4, -0.2) is 34.4 Å². The summed E-state index contributed by atoms with van der Waals surface area (Å²) in [5, 5.41) is 3.71. The van der Waals surface area contributed by atoms with Crippen molar-refractivity contribution in [1.29, 1.82) is 0 Å². The topological polar surface area (TPSA) is 33.7 Å². The molecule has 0 bridgehead atoms. The van der Waals surface area contributed by atoms with Crippen LogP contribution in [-0.2, 0) is 4.74 Å². The van der Waals surface area contributed by atoms with Crippen molar-refractivity contribution < 1.29 is 9.47 Å². The van der Waals surface area contributed by atoms with E-state index in [1.54, 1.807) is 26.2 Å². The molecule has 24 heavy (non-hydrogen) atoms. The second kappa shape index (κ2) is 7.92. The Hall–Kier alpha value is -1.69. The van der Waals surface area contributed by atoms with Crippen LogP contribution in [0.25, 0.3) is 0 Å². The first-order chi connectivity index (χ1) is 11.8. The zero-order chi connectivity index (χ0) is 16.9. The minimum atomic E-state index is 0.139. The molecule has 1 heterocycles. The Morgan fingerprint density at radius 2 is 1.88 bits per heavy atom. The van der Waals surface area contributed by atoms with Gasteiger partial charge in [-0.1, -0.05) is 30.3 Å². The number of benzene rings is 2. The average Bonchev–Trinajstić information content (AvgIpc) is 2.73. The van der Waals surface area contributed by atoms with E-state index in [0.29, 0.717) is 0 Å². The molecule has 1 unspecified atom stereocenters. The van der Waals surface area contributed by atoms with Crippen LogP contribution >= 0.6 is 11.9 Å². The van der Waals surface area contributed by atoms with E-state index < -0.39 is 0 Å². The minimum absolute atomic E-state index is 0.139. The third-order valence-corrected chi connectivity index (χ3v) is 5.24. The highest BCUT2D eigenvalue weighted by Crippen LogP contribution is 2.46. The third kappa shape index (κ3) is 3.38. The van der Waals surface area contributed by atoms with Crippen molar-refractivity contribution in [3.05, 3.63) is 53.6 Å². The number of ether oxygens (including phenoxy) is 2. The van der Waals surface area contributed by atoms with Gasteiger partial charge in [0.2, 0.25) is 0 Å². The summed E-state index contributed by atoms with van der Waals surface area (Å²) >= 11 is 1.74. The average molecular weight is 344 g/mol. The van der Waals surface area contributed by atoms with E-state index in [1.807, 2.05) is 6.07 Å². The minimum Gasteiger partial charge on any atom is -0.495 e. The van der Waals surface area contributed by atoms with Crippen molar-refractivity contribution in [2.45, 2.75) is 17.4 Å². The van der Waals surface area contributed by atoms with Gasteiger partial charge in [0.25, 0.3) is 0 Å². The number of hydrogen-bond donors (Lipinski definition) is 1. The summed E-state index contributed by atoms with van der Waals surface area (Å²) in [5.41, 5.74) is 3.68. The first kappa shape index (κ1) is 17.1. The summed E-state index contributed by atoms with van der Waals surface area (Å²) in [5.74, 6) is 0.902. The van der Waals surface area contributed by atoms with Crippen LogP contribution in [0, 0.1) is 0 Å². The number of anilines is 1. The normalized spacial score (nSPS) is 16.3. The molecule has 2 aromatic carbocycles. The van der Waals surface area contributed by atoms with Gasteiger partial charge in [0.05, 0.1) is 18.8 Å². The fraction of sp³-hybridized carbons (Fsp3) is 0.368. The molecule has 5 heteroatoms.